The number of likely N-dealkylation sites (tertiary alicyclic amines) is 1. The third-order valence-corrected chi connectivity index (χ3v) is 5.68. The summed E-state index contributed by atoms with van der Waals surface area (Å²) in [5.41, 5.74) is -0.0648. The number of alkyl halides is 3. The average Bonchev–Trinajstić information content (AvgIpc) is 3.48. The average molecular weight is 469 g/mol. The molecule has 2 fully saturated rings. The minimum Gasteiger partial charge on any atom is -0.477 e. The van der Waals surface area contributed by atoms with Gasteiger partial charge in [0, 0.05) is 51.1 Å². The summed E-state index contributed by atoms with van der Waals surface area (Å²) in [5.74, 6) is -2.30. The molecule has 0 aromatic carbocycles. The maximum atomic E-state index is 12.8. The summed E-state index contributed by atoms with van der Waals surface area (Å²) in [6.07, 6.45) is -1.17. The van der Waals surface area contributed by atoms with Crippen molar-refractivity contribution in [2.45, 2.75) is 12.6 Å². The number of halogens is 3. The molecule has 4 heterocycles. The van der Waals surface area contributed by atoms with E-state index in [9.17, 15) is 22.8 Å². The van der Waals surface area contributed by atoms with Crippen LogP contribution in [0.1, 0.15) is 16.9 Å². The number of ether oxygens (including phenoxy) is 1. The predicted molar refractivity (Wildman–Crippen MR) is 106 cm³/mol. The number of carboxylic acid groups (broad SMARTS) is 1. The highest BCUT2D eigenvalue weighted by Crippen LogP contribution is 2.42. The van der Waals surface area contributed by atoms with Crippen molar-refractivity contribution in [1.82, 2.24) is 25.0 Å². The maximum Gasteiger partial charge on any atom is 0.490 e. The molecule has 33 heavy (non-hydrogen) atoms. The molecule has 2 aromatic heterocycles. The van der Waals surface area contributed by atoms with Gasteiger partial charge in [-0.3, -0.25) is 14.3 Å². The smallest absolute Gasteiger partial charge is 0.477 e. The molecule has 0 bridgehead atoms. The molecule has 2 aliphatic rings. The lowest BCUT2D eigenvalue weighted by Crippen LogP contribution is -2.41. The SMILES string of the molecule is Cn1nccc1C(=O)N1CC[C@]2(C1)C(=O)NC[C@H]2COc1ccccn1.O=C(O)C(F)(F)F. The second-order valence-electron chi connectivity index (χ2n) is 7.66. The van der Waals surface area contributed by atoms with E-state index in [2.05, 4.69) is 15.4 Å². The Kier molecular flexibility index (Phi) is 6.89. The number of hydrogen-bond acceptors (Lipinski definition) is 6. The molecular weight excluding hydrogens is 447 g/mol. The number of carboxylic acids is 1. The van der Waals surface area contributed by atoms with Crippen LogP contribution in [0.5, 0.6) is 5.88 Å². The van der Waals surface area contributed by atoms with Crippen LogP contribution in [0.25, 0.3) is 0 Å². The van der Waals surface area contributed by atoms with Crippen LogP contribution in [0.3, 0.4) is 0 Å². The van der Waals surface area contributed by atoms with Crippen LogP contribution < -0.4 is 10.1 Å². The molecule has 10 nitrogen and oxygen atoms in total. The zero-order chi connectivity index (χ0) is 24.2. The number of amides is 2. The van der Waals surface area contributed by atoms with Crippen LogP contribution >= 0.6 is 0 Å². The van der Waals surface area contributed by atoms with Crippen molar-refractivity contribution in [3.63, 3.8) is 0 Å². The molecule has 2 N–H and O–H groups in total. The van der Waals surface area contributed by atoms with Gasteiger partial charge in [-0.05, 0) is 18.6 Å². The molecule has 2 saturated heterocycles. The summed E-state index contributed by atoms with van der Waals surface area (Å²) in [5, 5.41) is 14.1. The predicted octanol–water partition coefficient (Wildman–Crippen LogP) is 1.11. The zero-order valence-corrected chi connectivity index (χ0v) is 17.6. The first kappa shape index (κ1) is 24.0. The Hall–Kier alpha value is -3.64. The quantitative estimate of drug-likeness (QED) is 0.687. The van der Waals surface area contributed by atoms with Crippen LogP contribution in [0.2, 0.25) is 0 Å². The van der Waals surface area contributed by atoms with Gasteiger partial charge in [0.1, 0.15) is 5.69 Å². The van der Waals surface area contributed by atoms with Gasteiger partial charge >= 0.3 is 12.1 Å². The Morgan fingerprint density at radius 1 is 1.30 bits per heavy atom. The second-order valence-corrected chi connectivity index (χ2v) is 7.66. The van der Waals surface area contributed by atoms with Crippen molar-refractivity contribution in [2.75, 3.05) is 26.2 Å². The standard InChI is InChI=1S/C18H21N5O3.C2HF3O2/c1-22-14(5-8-21-22)16(24)23-9-6-18(12-23)13(10-20-17(18)25)11-26-15-4-2-3-7-19-15;3-2(4,5)1(6)7/h2-5,7-8,13H,6,9-12H2,1H3,(H,20,25);(H,6,7)/t13-,18+;/m0./s1. The molecule has 0 radical (unpaired) electrons. The van der Waals surface area contributed by atoms with Gasteiger partial charge in [-0.25, -0.2) is 9.78 Å². The van der Waals surface area contributed by atoms with E-state index in [1.807, 2.05) is 12.1 Å². The Labute approximate surface area is 186 Å². The highest BCUT2D eigenvalue weighted by Gasteiger charge is 2.55. The molecule has 2 atom stereocenters. The van der Waals surface area contributed by atoms with E-state index in [-0.39, 0.29) is 17.7 Å². The Morgan fingerprint density at radius 3 is 2.61 bits per heavy atom. The van der Waals surface area contributed by atoms with Crippen LogP contribution in [-0.2, 0) is 16.6 Å². The van der Waals surface area contributed by atoms with Crippen molar-refractivity contribution in [3.8, 4) is 5.88 Å². The summed E-state index contributed by atoms with van der Waals surface area (Å²) in [6.45, 7) is 1.90. The molecule has 2 amide bonds. The van der Waals surface area contributed by atoms with E-state index in [1.54, 1.807) is 41.2 Å². The summed E-state index contributed by atoms with van der Waals surface area (Å²) < 4.78 is 39.1. The molecule has 0 aliphatic carbocycles. The van der Waals surface area contributed by atoms with E-state index in [0.29, 0.717) is 44.2 Å². The van der Waals surface area contributed by atoms with E-state index in [1.165, 1.54) is 0 Å². The zero-order valence-electron chi connectivity index (χ0n) is 17.6. The van der Waals surface area contributed by atoms with Crippen LogP contribution in [0.15, 0.2) is 36.7 Å². The number of rotatable bonds is 4. The lowest BCUT2D eigenvalue weighted by Gasteiger charge is -2.27. The van der Waals surface area contributed by atoms with Crippen molar-refractivity contribution in [2.24, 2.45) is 18.4 Å². The minimum atomic E-state index is -5.08. The molecule has 13 heteroatoms. The number of pyridine rings is 1. The Morgan fingerprint density at radius 2 is 2.03 bits per heavy atom. The van der Waals surface area contributed by atoms with Gasteiger partial charge in [0.15, 0.2) is 0 Å². The first-order chi connectivity index (χ1) is 15.5. The third-order valence-electron chi connectivity index (χ3n) is 5.68. The molecule has 0 saturated carbocycles. The Balaban J connectivity index is 0.000000383. The summed E-state index contributed by atoms with van der Waals surface area (Å²) in [4.78, 5) is 40.2. The van der Waals surface area contributed by atoms with Gasteiger partial charge in [0.25, 0.3) is 5.91 Å². The lowest BCUT2D eigenvalue weighted by molar-refractivity contribution is -0.192. The summed E-state index contributed by atoms with van der Waals surface area (Å²) >= 11 is 0. The van der Waals surface area contributed by atoms with Gasteiger partial charge in [0.2, 0.25) is 11.8 Å². The van der Waals surface area contributed by atoms with E-state index >= 15 is 0 Å². The van der Waals surface area contributed by atoms with Crippen LogP contribution in [0.4, 0.5) is 13.2 Å². The van der Waals surface area contributed by atoms with Crippen LogP contribution in [0, 0.1) is 11.3 Å². The molecule has 178 valence electrons. The molecule has 1 spiro atoms. The number of aryl methyl sites for hydroxylation is 1. The first-order valence-corrected chi connectivity index (χ1v) is 9.94. The molecule has 2 aliphatic heterocycles. The lowest BCUT2D eigenvalue weighted by atomic mass is 9.77. The largest absolute Gasteiger partial charge is 0.490 e. The normalized spacial score (nSPS) is 22.0. The monoisotopic (exact) mass is 469 g/mol. The first-order valence-electron chi connectivity index (χ1n) is 9.94. The summed E-state index contributed by atoms with van der Waals surface area (Å²) in [7, 11) is 1.74. The minimum absolute atomic E-state index is 0.00124. The highest BCUT2D eigenvalue weighted by atomic mass is 19.4. The summed E-state index contributed by atoms with van der Waals surface area (Å²) in [6, 6.07) is 7.18. The van der Waals surface area contributed by atoms with Crippen molar-refractivity contribution in [3.05, 3.63) is 42.4 Å². The fourth-order valence-electron chi connectivity index (χ4n) is 3.88. The van der Waals surface area contributed by atoms with Crippen LogP contribution in [-0.4, -0.2) is 75.0 Å². The fraction of sp³-hybridized carbons (Fsp3) is 0.450. The fourth-order valence-corrected chi connectivity index (χ4v) is 3.88. The maximum absolute atomic E-state index is 12.8. The third kappa shape index (κ3) is 5.23. The molecular formula is C20H22F3N5O5. The Bertz CT molecular complexity index is 1010. The van der Waals surface area contributed by atoms with Gasteiger partial charge in [-0.15, -0.1) is 0 Å². The van der Waals surface area contributed by atoms with E-state index < -0.39 is 17.6 Å². The van der Waals surface area contributed by atoms with Crippen molar-refractivity contribution >= 4 is 17.8 Å². The molecule has 0 unspecified atom stereocenters. The molecule has 2 aromatic rings. The molecule has 4 rings (SSSR count). The number of carbonyl (C=O) groups excluding carboxylic acids is 2. The number of aromatic nitrogens is 3. The van der Waals surface area contributed by atoms with Gasteiger partial charge in [-0.2, -0.15) is 18.3 Å². The van der Waals surface area contributed by atoms with Crippen molar-refractivity contribution in [1.29, 1.82) is 0 Å². The van der Waals surface area contributed by atoms with E-state index in [0.717, 1.165) is 0 Å². The van der Waals surface area contributed by atoms with Gasteiger partial charge in [-0.1, -0.05) is 6.07 Å². The number of nitrogens with one attached hydrogen (secondary N) is 1. The number of aliphatic carboxylic acids is 1. The topological polar surface area (TPSA) is 127 Å². The van der Waals surface area contributed by atoms with Gasteiger partial charge in [0.05, 0.1) is 12.0 Å². The number of nitrogens with zero attached hydrogens (tertiary/aromatic N) is 4. The van der Waals surface area contributed by atoms with Crippen molar-refractivity contribution < 1.29 is 37.4 Å². The van der Waals surface area contributed by atoms with Gasteiger partial charge < -0.3 is 20.1 Å². The number of carbonyl (C=O) groups is 3. The number of hydrogen-bond donors (Lipinski definition) is 2. The second kappa shape index (κ2) is 9.46. The highest BCUT2D eigenvalue weighted by molar-refractivity contribution is 5.94. The van der Waals surface area contributed by atoms with E-state index in [4.69, 9.17) is 14.6 Å².